The fourth-order valence-electron chi connectivity index (χ4n) is 2.46. The molecule has 0 radical (unpaired) electrons. The first kappa shape index (κ1) is 18.5. The van der Waals surface area contributed by atoms with Crippen LogP contribution >= 0.6 is 15.9 Å². The van der Waals surface area contributed by atoms with E-state index in [-0.39, 0.29) is 0 Å². The third-order valence-electron chi connectivity index (χ3n) is 3.75. The molecule has 0 aliphatic rings. The summed E-state index contributed by atoms with van der Waals surface area (Å²) in [6, 6.07) is 8.64. The van der Waals surface area contributed by atoms with Gasteiger partial charge in [0.2, 0.25) is 0 Å². The summed E-state index contributed by atoms with van der Waals surface area (Å²) >= 11 is 3.48. The largest absolute Gasteiger partial charge is 0.494 e. The van der Waals surface area contributed by atoms with Gasteiger partial charge in [-0.15, -0.1) is 0 Å². The van der Waals surface area contributed by atoms with Crippen LogP contribution in [0.15, 0.2) is 24.3 Å². The summed E-state index contributed by atoms with van der Waals surface area (Å²) in [5, 5.41) is 1.16. The second-order valence-corrected chi connectivity index (χ2v) is 6.55. The molecule has 0 heterocycles. The zero-order valence-corrected chi connectivity index (χ0v) is 15.2. The maximum Gasteiger partial charge on any atom is 0.119 e. The van der Waals surface area contributed by atoms with Gasteiger partial charge in [-0.3, -0.25) is 0 Å². The van der Waals surface area contributed by atoms with Crippen LogP contribution in [0.3, 0.4) is 0 Å². The van der Waals surface area contributed by atoms with Gasteiger partial charge in [-0.05, 0) is 43.4 Å². The minimum Gasteiger partial charge on any atom is -0.494 e. The zero-order valence-electron chi connectivity index (χ0n) is 13.6. The lowest BCUT2D eigenvalue weighted by Gasteiger charge is -2.06. The van der Waals surface area contributed by atoms with Gasteiger partial charge in [0.25, 0.3) is 0 Å². The molecule has 1 aromatic rings. The zero-order chi connectivity index (χ0) is 15.2. The number of ether oxygens (including phenoxy) is 1. The van der Waals surface area contributed by atoms with Crippen LogP contribution in [0, 0.1) is 0 Å². The van der Waals surface area contributed by atoms with Crippen molar-refractivity contribution in [3.63, 3.8) is 0 Å². The molecule has 0 saturated carbocycles. The highest BCUT2D eigenvalue weighted by Crippen LogP contribution is 2.15. The first-order chi connectivity index (χ1) is 10.4. The number of hydrogen-bond donors (Lipinski definition) is 0. The molecular weight excluding hydrogens is 324 g/mol. The van der Waals surface area contributed by atoms with E-state index >= 15 is 0 Å². The maximum absolute atomic E-state index is 5.61. The van der Waals surface area contributed by atoms with Crippen LogP contribution in [-0.4, -0.2) is 11.9 Å². The molecule has 0 unspecified atom stereocenters. The number of rotatable bonds is 13. The predicted molar refractivity (Wildman–Crippen MR) is 96.7 cm³/mol. The highest BCUT2D eigenvalue weighted by molar-refractivity contribution is 9.09. The normalized spacial score (nSPS) is 10.8. The van der Waals surface area contributed by atoms with Crippen LogP contribution < -0.4 is 4.74 Å². The van der Waals surface area contributed by atoms with Crippen LogP contribution in [-0.2, 0) is 6.42 Å². The minimum absolute atomic E-state index is 0.814. The third kappa shape index (κ3) is 9.95. The number of unbranched alkanes of at least 4 members (excludes halogenated alkanes) is 7. The Balaban J connectivity index is 1.99. The average Bonchev–Trinajstić information content (AvgIpc) is 2.52. The van der Waals surface area contributed by atoms with Crippen LogP contribution in [0.25, 0.3) is 0 Å². The molecule has 0 aromatic heterocycles. The van der Waals surface area contributed by atoms with E-state index in [1.54, 1.807) is 0 Å². The van der Waals surface area contributed by atoms with E-state index in [2.05, 4.69) is 47.1 Å². The molecule has 1 rings (SSSR count). The first-order valence-electron chi connectivity index (χ1n) is 8.64. The maximum atomic E-state index is 5.61. The first-order valence-corrected chi connectivity index (χ1v) is 9.76. The molecule has 0 bridgehead atoms. The molecule has 0 N–H and O–H groups in total. The standard InChI is InChI=1S/C19H31BrO/c1-2-17-21-19-14-12-18(13-15-19)11-9-7-5-3-4-6-8-10-16-20/h12-15H,2-11,16-17H2,1H3. The quantitative estimate of drug-likeness (QED) is 0.289. The summed E-state index contributed by atoms with van der Waals surface area (Å²) in [5.74, 6) is 1.00. The van der Waals surface area contributed by atoms with Crippen molar-refractivity contribution < 1.29 is 4.74 Å². The molecule has 1 aromatic carbocycles. The monoisotopic (exact) mass is 354 g/mol. The van der Waals surface area contributed by atoms with E-state index in [9.17, 15) is 0 Å². The SMILES string of the molecule is CCCOc1ccc(CCCCCCCCCCBr)cc1. The molecule has 0 spiro atoms. The van der Waals surface area contributed by atoms with Gasteiger partial charge in [0.05, 0.1) is 6.61 Å². The van der Waals surface area contributed by atoms with Gasteiger partial charge in [-0.2, -0.15) is 0 Å². The Morgan fingerprint density at radius 2 is 1.38 bits per heavy atom. The number of alkyl halides is 1. The molecular formula is C19H31BrO. The van der Waals surface area contributed by atoms with Gasteiger partial charge >= 0.3 is 0 Å². The smallest absolute Gasteiger partial charge is 0.119 e. The van der Waals surface area contributed by atoms with Gasteiger partial charge in [0.15, 0.2) is 0 Å². The van der Waals surface area contributed by atoms with Gasteiger partial charge in [0.1, 0.15) is 5.75 Å². The van der Waals surface area contributed by atoms with Crippen molar-refractivity contribution in [2.24, 2.45) is 0 Å². The van der Waals surface area contributed by atoms with E-state index < -0.39 is 0 Å². The third-order valence-corrected chi connectivity index (χ3v) is 4.31. The Bertz CT molecular complexity index is 334. The lowest BCUT2D eigenvalue weighted by molar-refractivity contribution is 0.317. The molecule has 0 atom stereocenters. The van der Waals surface area contributed by atoms with E-state index in [0.717, 1.165) is 24.1 Å². The fourth-order valence-corrected chi connectivity index (χ4v) is 2.85. The van der Waals surface area contributed by atoms with E-state index in [1.165, 1.54) is 63.4 Å². The van der Waals surface area contributed by atoms with Crippen molar-refractivity contribution in [2.45, 2.75) is 71.1 Å². The highest BCUT2D eigenvalue weighted by Gasteiger charge is 1.97. The molecule has 0 amide bonds. The molecule has 0 aliphatic carbocycles. The van der Waals surface area contributed by atoms with Gasteiger partial charge in [-0.1, -0.05) is 73.5 Å². The van der Waals surface area contributed by atoms with Crippen molar-refractivity contribution in [3.8, 4) is 5.75 Å². The van der Waals surface area contributed by atoms with Crippen LogP contribution in [0.1, 0.15) is 70.3 Å². The number of hydrogen-bond acceptors (Lipinski definition) is 1. The summed E-state index contributed by atoms with van der Waals surface area (Å²) < 4.78 is 5.61. The number of aryl methyl sites for hydroxylation is 1. The van der Waals surface area contributed by atoms with E-state index in [0.29, 0.717) is 0 Å². The summed E-state index contributed by atoms with van der Waals surface area (Å²) in [6.45, 7) is 2.95. The molecule has 21 heavy (non-hydrogen) atoms. The molecule has 1 nitrogen and oxygen atoms in total. The Morgan fingerprint density at radius 3 is 1.95 bits per heavy atom. The van der Waals surface area contributed by atoms with Crippen molar-refractivity contribution in [1.82, 2.24) is 0 Å². The van der Waals surface area contributed by atoms with Crippen LogP contribution in [0.2, 0.25) is 0 Å². The fraction of sp³-hybridized carbons (Fsp3) is 0.684. The van der Waals surface area contributed by atoms with Crippen LogP contribution in [0.4, 0.5) is 0 Å². The molecule has 0 saturated heterocycles. The predicted octanol–water partition coefficient (Wildman–Crippen LogP) is 6.53. The Hall–Kier alpha value is -0.500. The lowest BCUT2D eigenvalue weighted by atomic mass is 10.0. The second kappa shape index (κ2) is 13.2. The second-order valence-electron chi connectivity index (χ2n) is 5.76. The van der Waals surface area contributed by atoms with Crippen molar-refractivity contribution in [2.75, 3.05) is 11.9 Å². The van der Waals surface area contributed by atoms with E-state index in [1.807, 2.05) is 0 Å². The average molecular weight is 355 g/mol. The van der Waals surface area contributed by atoms with Gasteiger partial charge in [0, 0.05) is 5.33 Å². The van der Waals surface area contributed by atoms with Crippen molar-refractivity contribution in [1.29, 1.82) is 0 Å². The summed E-state index contributed by atoms with van der Waals surface area (Å²) in [5.41, 5.74) is 1.44. The number of benzene rings is 1. The lowest BCUT2D eigenvalue weighted by Crippen LogP contribution is -1.95. The Morgan fingerprint density at radius 1 is 0.810 bits per heavy atom. The van der Waals surface area contributed by atoms with Gasteiger partial charge < -0.3 is 4.74 Å². The van der Waals surface area contributed by atoms with E-state index in [4.69, 9.17) is 4.74 Å². The Kier molecular flexibility index (Phi) is 11.6. The topological polar surface area (TPSA) is 9.23 Å². The highest BCUT2D eigenvalue weighted by atomic mass is 79.9. The summed E-state index contributed by atoms with van der Waals surface area (Å²) in [6.07, 6.45) is 13.3. The molecule has 2 heteroatoms. The summed E-state index contributed by atoms with van der Waals surface area (Å²) in [7, 11) is 0. The van der Waals surface area contributed by atoms with Crippen molar-refractivity contribution >= 4 is 15.9 Å². The minimum atomic E-state index is 0.814. The summed E-state index contributed by atoms with van der Waals surface area (Å²) in [4.78, 5) is 0. The molecule has 120 valence electrons. The van der Waals surface area contributed by atoms with Crippen LogP contribution in [0.5, 0.6) is 5.75 Å². The number of halogens is 1. The van der Waals surface area contributed by atoms with Gasteiger partial charge in [-0.25, -0.2) is 0 Å². The van der Waals surface area contributed by atoms with Crippen molar-refractivity contribution in [3.05, 3.63) is 29.8 Å². The molecule has 0 aliphatic heterocycles. The molecule has 0 fully saturated rings. The Labute approximate surface area is 139 Å².